The second kappa shape index (κ2) is 4.72. The molecule has 2 unspecified atom stereocenters. The number of nitrogens with two attached hydrogens (primary N) is 1. The first kappa shape index (κ1) is 12.5. The summed E-state index contributed by atoms with van der Waals surface area (Å²) in [5, 5.41) is 0. The van der Waals surface area contributed by atoms with Gasteiger partial charge in [-0.25, -0.2) is 17.5 Å². The molecule has 2 rings (SSSR count). The normalized spacial score (nSPS) is 25.1. The molecule has 0 bridgehead atoms. The van der Waals surface area contributed by atoms with Crippen LogP contribution in [0.25, 0.3) is 0 Å². The molecule has 0 aliphatic heterocycles. The van der Waals surface area contributed by atoms with E-state index in [4.69, 9.17) is 5.73 Å². The third kappa shape index (κ3) is 2.83. The van der Waals surface area contributed by atoms with Crippen molar-refractivity contribution in [3.05, 3.63) is 30.1 Å². The van der Waals surface area contributed by atoms with Gasteiger partial charge >= 0.3 is 0 Å². The quantitative estimate of drug-likeness (QED) is 0.849. The first-order chi connectivity index (χ1) is 7.99. The van der Waals surface area contributed by atoms with Gasteiger partial charge in [-0.2, -0.15) is 0 Å². The van der Waals surface area contributed by atoms with Gasteiger partial charge in [0.1, 0.15) is 10.7 Å². The molecule has 0 amide bonds. The van der Waals surface area contributed by atoms with Gasteiger partial charge in [0.2, 0.25) is 10.0 Å². The Morgan fingerprint density at radius 1 is 1.29 bits per heavy atom. The van der Waals surface area contributed by atoms with Crippen LogP contribution in [0.4, 0.5) is 4.39 Å². The van der Waals surface area contributed by atoms with Gasteiger partial charge in [0, 0.05) is 12.1 Å². The molecule has 1 fully saturated rings. The highest BCUT2D eigenvalue weighted by atomic mass is 32.2. The van der Waals surface area contributed by atoms with Crippen LogP contribution in [0.3, 0.4) is 0 Å². The fourth-order valence-electron chi connectivity index (χ4n) is 2.07. The van der Waals surface area contributed by atoms with Crippen molar-refractivity contribution in [2.45, 2.75) is 36.2 Å². The Morgan fingerprint density at radius 3 is 2.59 bits per heavy atom. The molecule has 4 nitrogen and oxygen atoms in total. The third-order valence-corrected chi connectivity index (χ3v) is 4.47. The maximum atomic E-state index is 13.4. The molecule has 0 saturated heterocycles. The largest absolute Gasteiger partial charge is 0.328 e. The predicted molar refractivity (Wildman–Crippen MR) is 62.3 cm³/mol. The van der Waals surface area contributed by atoms with Gasteiger partial charge in [0.05, 0.1) is 0 Å². The highest BCUT2D eigenvalue weighted by Crippen LogP contribution is 2.20. The summed E-state index contributed by atoms with van der Waals surface area (Å²) >= 11 is 0. The molecule has 1 aliphatic rings. The summed E-state index contributed by atoms with van der Waals surface area (Å²) in [6.07, 6.45) is 2.10. The van der Waals surface area contributed by atoms with E-state index in [-0.39, 0.29) is 17.0 Å². The molecule has 1 aromatic rings. The Labute approximate surface area is 100 Å². The maximum Gasteiger partial charge on any atom is 0.243 e. The number of rotatable bonds is 3. The van der Waals surface area contributed by atoms with Gasteiger partial charge in [0.15, 0.2) is 0 Å². The minimum atomic E-state index is -3.78. The Kier molecular flexibility index (Phi) is 3.46. The maximum absolute atomic E-state index is 13.4. The smallest absolute Gasteiger partial charge is 0.243 e. The zero-order chi connectivity index (χ0) is 12.5. The zero-order valence-corrected chi connectivity index (χ0v) is 10.1. The molecule has 0 spiro atoms. The number of halogens is 1. The molecule has 17 heavy (non-hydrogen) atoms. The van der Waals surface area contributed by atoms with E-state index in [9.17, 15) is 12.8 Å². The van der Waals surface area contributed by atoms with E-state index in [0.29, 0.717) is 12.8 Å². The average molecular weight is 258 g/mol. The van der Waals surface area contributed by atoms with Gasteiger partial charge in [-0.3, -0.25) is 0 Å². The molecule has 1 saturated carbocycles. The van der Waals surface area contributed by atoms with Crippen LogP contribution < -0.4 is 10.5 Å². The van der Waals surface area contributed by atoms with Gasteiger partial charge < -0.3 is 5.73 Å². The summed E-state index contributed by atoms with van der Waals surface area (Å²) in [5.74, 6) is -0.734. The minimum Gasteiger partial charge on any atom is -0.328 e. The highest BCUT2D eigenvalue weighted by molar-refractivity contribution is 7.89. The Morgan fingerprint density at radius 2 is 2.00 bits per heavy atom. The second-order valence-corrected chi connectivity index (χ2v) is 6.00. The van der Waals surface area contributed by atoms with Crippen LogP contribution in [0.5, 0.6) is 0 Å². The summed E-state index contributed by atoms with van der Waals surface area (Å²) in [6.45, 7) is 0. The van der Waals surface area contributed by atoms with E-state index >= 15 is 0 Å². The summed E-state index contributed by atoms with van der Waals surface area (Å²) in [5.41, 5.74) is 5.70. The van der Waals surface area contributed by atoms with Crippen LogP contribution in [0, 0.1) is 5.82 Å². The molecule has 0 aromatic heterocycles. The summed E-state index contributed by atoms with van der Waals surface area (Å²) in [6, 6.07) is 5.19. The molecule has 94 valence electrons. The lowest BCUT2D eigenvalue weighted by molar-refractivity contribution is 0.534. The van der Waals surface area contributed by atoms with Gasteiger partial charge in [0.25, 0.3) is 0 Å². The lowest BCUT2D eigenvalue weighted by Gasteiger charge is -2.13. The van der Waals surface area contributed by atoms with Crippen molar-refractivity contribution in [1.82, 2.24) is 4.72 Å². The second-order valence-electron chi connectivity index (χ2n) is 4.32. The van der Waals surface area contributed by atoms with E-state index in [1.807, 2.05) is 0 Å². The van der Waals surface area contributed by atoms with Crippen molar-refractivity contribution in [1.29, 1.82) is 0 Å². The van der Waals surface area contributed by atoms with Crippen LogP contribution in [0.1, 0.15) is 19.3 Å². The van der Waals surface area contributed by atoms with E-state index in [1.54, 1.807) is 0 Å². The number of benzene rings is 1. The molecule has 2 atom stereocenters. The summed E-state index contributed by atoms with van der Waals surface area (Å²) < 4.78 is 39.7. The van der Waals surface area contributed by atoms with Crippen molar-refractivity contribution >= 4 is 10.0 Å². The zero-order valence-electron chi connectivity index (χ0n) is 9.27. The van der Waals surface area contributed by atoms with Crippen molar-refractivity contribution < 1.29 is 12.8 Å². The monoisotopic (exact) mass is 258 g/mol. The first-order valence-corrected chi connectivity index (χ1v) is 7.00. The van der Waals surface area contributed by atoms with Crippen LogP contribution >= 0.6 is 0 Å². The molecule has 3 N–H and O–H groups in total. The lowest BCUT2D eigenvalue weighted by Crippen LogP contribution is -2.34. The number of hydrogen-bond donors (Lipinski definition) is 2. The van der Waals surface area contributed by atoms with Crippen LogP contribution in [0.15, 0.2) is 29.2 Å². The minimum absolute atomic E-state index is 0.0309. The number of nitrogens with one attached hydrogen (secondary N) is 1. The van der Waals surface area contributed by atoms with Crippen LogP contribution in [-0.4, -0.2) is 20.5 Å². The molecule has 1 aromatic carbocycles. The fourth-order valence-corrected chi connectivity index (χ4v) is 3.43. The first-order valence-electron chi connectivity index (χ1n) is 5.51. The highest BCUT2D eigenvalue weighted by Gasteiger charge is 2.28. The topological polar surface area (TPSA) is 72.2 Å². The van der Waals surface area contributed by atoms with Crippen molar-refractivity contribution in [2.75, 3.05) is 0 Å². The molecular weight excluding hydrogens is 243 g/mol. The van der Waals surface area contributed by atoms with Crippen molar-refractivity contribution in [3.8, 4) is 0 Å². The molecular formula is C11H15FN2O2S. The van der Waals surface area contributed by atoms with Gasteiger partial charge in [-0.15, -0.1) is 0 Å². The van der Waals surface area contributed by atoms with Crippen molar-refractivity contribution in [3.63, 3.8) is 0 Å². The van der Waals surface area contributed by atoms with E-state index in [0.717, 1.165) is 12.5 Å². The van der Waals surface area contributed by atoms with E-state index in [2.05, 4.69) is 4.72 Å². The Hall–Kier alpha value is -0.980. The SMILES string of the molecule is NC1CCC(NS(=O)(=O)c2ccccc2F)C1. The fraction of sp³-hybridized carbons (Fsp3) is 0.455. The molecule has 0 heterocycles. The molecule has 0 radical (unpaired) electrons. The van der Waals surface area contributed by atoms with Gasteiger partial charge in [-0.1, -0.05) is 12.1 Å². The predicted octanol–water partition coefficient (Wildman–Crippen LogP) is 0.984. The molecule has 1 aliphatic carbocycles. The Balaban J connectivity index is 2.17. The van der Waals surface area contributed by atoms with E-state index < -0.39 is 15.8 Å². The number of hydrogen-bond acceptors (Lipinski definition) is 3. The lowest BCUT2D eigenvalue weighted by atomic mass is 10.2. The van der Waals surface area contributed by atoms with Gasteiger partial charge in [-0.05, 0) is 31.4 Å². The number of sulfonamides is 1. The average Bonchev–Trinajstić information content (AvgIpc) is 2.63. The third-order valence-electron chi connectivity index (χ3n) is 2.92. The van der Waals surface area contributed by atoms with Crippen LogP contribution in [-0.2, 0) is 10.0 Å². The van der Waals surface area contributed by atoms with Crippen LogP contribution in [0.2, 0.25) is 0 Å². The standard InChI is InChI=1S/C11H15FN2O2S/c12-10-3-1-2-4-11(10)17(15,16)14-9-6-5-8(13)7-9/h1-4,8-9,14H,5-7,13H2. The Bertz CT molecular complexity index is 504. The van der Waals surface area contributed by atoms with E-state index in [1.165, 1.54) is 18.2 Å². The van der Waals surface area contributed by atoms with Crippen molar-refractivity contribution in [2.24, 2.45) is 5.73 Å². The summed E-state index contributed by atoms with van der Waals surface area (Å²) in [7, 11) is -3.78. The molecule has 6 heteroatoms. The summed E-state index contributed by atoms with van der Waals surface area (Å²) in [4.78, 5) is -0.305.